The molecule has 0 fully saturated rings. The van der Waals surface area contributed by atoms with Crippen LogP contribution in [0.1, 0.15) is 11.1 Å². The molecule has 2 heterocycles. The van der Waals surface area contributed by atoms with Crippen molar-refractivity contribution in [1.29, 1.82) is 0 Å². The first-order chi connectivity index (χ1) is 13.6. The molecule has 0 radical (unpaired) electrons. The molecule has 28 heavy (non-hydrogen) atoms. The Balaban J connectivity index is 1.86. The minimum Gasteiger partial charge on any atom is -0.456 e. The van der Waals surface area contributed by atoms with Gasteiger partial charge in [0.25, 0.3) is 0 Å². The van der Waals surface area contributed by atoms with Crippen LogP contribution in [0.15, 0.2) is 66.9 Å². The lowest BCUT2D eigenvalue weighted by molar-refractivity contribution is -0.659. The van der Waals surface area contributed by atoms with Crippen LogP contribution in [0.2, 0.25) is 0 Å². The minimum atomic E-state index is 0.944. The van der Waals surface area contributed by atoms with Crippen molar-refractivity contribution in [2.45, 2.75) is 13.8 Å². The van der Waals surface area contributed by atoms with E-state index in [0.29, 0.717) is 0 Å². The van der Waals surface area contributed by atoms with Crippen molar-refractivity contribution in [2.24, 2.45) is 7.05 Å². The SMILES string of the molecule is Cc1c2c(cc3ccccc13)Oc1cc3c(C)cccc3c3cc[n+](C)c-2c13. The normalized spacial score (nSPS) is 12.4. The zero-order valence-electron chi connectivity index (χ0n) is 16.2. The number of rotatable bonds is 0. The number of ether oxygens (including phenoxy) is 1. The van der Waals surface area contributed by atoms with E-state index in [1.54, 1.807) is 0 Å². The van der Waals surface area contributed by atoms with E-state index < -0.39 is 0 Å². The summed E-state index contributed by atoms with van der Waals surface area (Å²) < 4.78 is 8.78. The minimum absolute atomic E-state index is 0.944. The predicted molar refractivity (Wildman–Crippen MR) is 115 cm³/mol. The molecule has 0 saturated carbocycles. The van der Waals surface area contributed by atoms with Gasteiger partial charge in [0.2, 0.25) is 5.69 Å². The first-order valence-electron chi connectivity index (χ1n) is 9.69. The third-order valence-electron chi connectivity index (χ3n) is 6.19. The second-order valence-corrected chi connectivity index (χ2v) is 7.81. The van der Waals surface area contributed by atoms with Gasteiger partial charge in [-0.1, -0.05) is 42.5 Å². The number of hydrogen-bond donors (Lipinski definition) is 0. The largest absolute Gasteiger partial charge is 0.456 e. The van der Waals surface area contributed by atoms with Crippen LogP contribution in [0.3, 0.4) is 0 Å². The molecule has 2 heteroatoms. The van der Waals surface area contributed by atoms with Crippen molar-refractivity contribution in [3.8, 4) is 22.8 Å². The Hall–Kier alpha value is -3.39. The van der Waals surface area contributed by atoms with Gasteiger partial charge in [-0.25, -0.2) is 4.57 Å². The summed E-state index contributed by atoms with van der Waals surface area (Å²) >= 11 is 0. The highest BCUT2D eigenvalue weighted by molar-refractivity contribution is 6.16. The molecule has 0 saturated heterocycles. The van der Waals surface area contributed by atoms with E-state index in [-0.39, 0.29) is 0 Å². The second kappa shape index (κ2) is 5.32. The molecule has 0 atom stereocenters. The highest BCUT2D eigenvalue weighted by atomic mass is 16.5. The Morgan fingerprint density at radius 2 is 1.57 bits per heavy atom. The number of fused-ring (bicyclic) bond motifs is 5. The Morgan fingerprint density at radius 3 is 2.46 bits per heavy atom. The summed E-state index contributed by atoms with van der Waals surface area (Å²) in [5, 5.41) is 7.49. The van der Waals surface area contributed by atoms with Gasteiger partial charge in [0.1, 0.15) is 18.5 Å². The smallest absolute Gasteiger partial charge is 0.228 e. The molecule has 2 nitrogen and oxygen atoms in total. The number of nitrogens with zero attached hydrogens (tertiary/aromatic N) is 1. The van der Waals surface area contributed by atoms with Crippen LogP contribution in [0.5, 0.6) is 11.5 Å². The Bertz CT molecular complexity index is 1460. The molecule has 0 N–H and O–H groups in total. The Labute approximate surface area is 163 Å². The number of benzene rings is 4. The van der Waals surface area contributed by atoms with E-state index in [2.05, 4.69) is 92.3 Å². The van der Waals surface area contributed by atoms with Gasteiger partial charge < -0.3 is 4.74 Å². The average Bonchev–Trinajstić information content (AvgIpc) is 2.70. The van der Waals surface area contributed by atoms with Crippen molar-refractivity contribution >= 4 is 32.3 Å². The zero-order chi connectivity index (χ0) is 19.0. The predicted octanol–water partition coefficient (Wildman–Crippen LogP) is 6.36. The average molecular weight is 362 g/mol. The van der Waals surface area contributed by atoms with E-state index in [0.717, 1.165) is 11.5 Å². The van der Waals surface area contributed by atoms with Crippen molar-refractivity contribution in [2.75, 3.05) is 0 Å². The molecule has 1 aromatic heterocycles. The van der Waals surface area contributed by atoms with Crippen LogP contribution >= 0.6 is 0 Å². The van der Waals surface area contributed by atoms with E-state index >= 15 is 0 Å². The van der Waals surface area contributed by atoms with E-state index in [1.165, 1.54) is 54.7 Å². The summed E-state index contributed by atoms with van der Waals surface area (Å²) in [6, 6.07) is 21.7. The number of aromatic nitrogens is 1. The molecule has 1 aliphatic rings. The molecular formula is C26H20NO+. The third kappa shape index (κ3) is 1.90. The summed E-state index contributed by atoms with van der Waals surface area (Å²) in [6.45, 7) is 4.37. The maximum Gasteiger partial charge on any atom is 0.228 e. The number of hydrogen-bond acceptors (Lipinski definition) is 1. The van der Waals surface area contributed by atoms with Crippen molar-refractivity contribution in [1.82, 2.24) is 0 Å². The fourth-order valence-corrected chi connectivity index (χ4v) is 4.80. The van der Waals surface area contributed by atoms with Gasteiger partial charge >= 0.3 is 0 Å². The van der Waals surface area contributed by atoms with Crippen LogP contribution in [0.4, 0.5) is 0 Å². The summed E-state index contributed by atoms with van der Waals surface area (Å²) in [4.78, 5) is 0. The molecule has 0 unspecified atom stereocenters. The van der Waals surface area contributed by atoms with Crippen molar-refractivity contribution in [3.63, 3.8) is 0 Å². The topological polar surface area (TPSA) is 13.1 Å². The van der Waals surface area contributed by atoms with Crippen LogP contribution < -0.4 is 9.30 Å². The van der Waals surface area contributed by atoms with Crippen LogP contribution in [-0.4, -0.2) is 0 Å². The summed E-state index contributed by atoms with van der Waals surface area (Å²) in [5.41, 5.74) is 4.98. The molecule has 0 amide bonds. The molecule has 6 rings (SSSR count). The lowest BCUT2D eigenvalue weighted by atomic mass is 9.90. The first kappa shape index (κ1) is 15.6. The van der Waals surface area contributed by atoms with E-state index in [4.69, 9.17) is 4.74 Å². The molecule has 5 aromatic rings. The van der Waals surface area contributed by atoms with Gasteiger partial charge in [0, 0.05) is 11.5 Å². The van der Waals surface area contributed by atoms with Crippen molar-refractivity contribution < 1.29 is 9.30 Å². The third-order valence-corrected chi connectivity index (χ3v) is 6.19. The van der Waals surface area contributed by atoms with E-state index in [1.807, 2.05) is 0 Å². The molecule has 0 bridgehead atoms. The molecule has 0 spiro atoms. The van der Waals surface area contributed by atoms with Gasteiger partial charge in [-0.05, 0) is 58.7 Å². The lowest BCUT2D eigenvalue weighted by Crippen LogP contribution is -2.31. The Morgan fingerprint density at radius 1 is 0.750 bits per heavy atom. The lowest BCUT2D eigenvalue weighted by Gasteiger charge is -2.23. The molecular weight excluding hydrogens is 342 g/mol. The highest BCUT2D eigenvalue weighted by Crippen LogP contribution is 2.49. The summed E-state index contributed by atoms with van der Waals surface area (Å²) in [7, 11) is 2.13. The fraction of sp³-hybridized carbons (Fsp3) is 0.115. The van der Waals surface area contributed by atoms with Crippen LogP contribution in [-0.2, 0) is 7.05 Å². The fourth-order valence-electron chi connectivity index (χ4n) is 4.80. The number of aryl methyl sites for hydroxylation is 3. The van der Waals surface area contributed by atoms with Gasteiger partial charge in [-0.2, -0.15) is 0 Å². The molecule has 4 aromatic carbocycles. The first-order valence-corrected chi connectivity index (χ1v) is 9.69. The van der Waals surface area contributed by atoms with E-state index in [9.17, 15) is 0 Å². The Kier molecular flexibility index (Phi) is 2.98. The summed E-state index contributed by atoms with van der Waals surface area (Å²) in [5.74, 6) is 1.89. The maximum absolute atomic E-state index is 6.54. The zero-order valence-corrected chi connectivity index (χ0v) is 16.2. The molecule has 134 valence electrons. The van der Waals surface area contributed by atoms with Gasteiger partial charge in [-0.3, -0.25) is 0 Å². The van der Waals surface area contributed by atoms with Crippen LogP contribution in [0, 0.1) is 13.8 Å². The van der Waals surface area contributed by atoms with Crippen molar-refractivity contribution in [3.05, 3.63) is 78.0 Å². The molecule has 1 aliphatic heterocycles. The van der Waals surface area contributed by atoms with Crippen LogP contribution in [0.25, 0.3) is 43.6 Å². The highest BCUT2D eigenvalue weighted by Gasteiger charge is 2.30. The number of pyridine rings is 1. The van der Waals surface area contributed by atoms with Gasteiger partial charge in [0.05, 0.1) is 10.9 Å². The maximum atomic E-state index is 6.54. The monoisotopic (exact) mass is 362 g/mol. The summed E-state index contributed by atoms with van der Waals surface area (Å²) in [6.07, 6.45) is 2.17. The molecule has 0 aliphatic carbocycles. The quantitative estimate of drug-likeness (QED) is 0.226. The standard InChI is InChI=1S/C26H20NO/c1-15-7-6-10-19-20-11-12-27(3)26-24-16(2)18-9-5-4-8-17(18)13-22(24)28-23(25(20)26)14-21(15)19/h4-14H,1-3H3/q+1. The van der Waals surface area contributed by atoms with Gasteiger partial charge in [-0.15, -0.1) is 0 Å². The second-order valence-electron chi connectivity index (χ2n) is 7.81. The van der Waals surface area contributed by atoms with Gasteiger partial charge in [0.15, 0.2) is 6.20 Å².